The highest BCUT2D eigenvalue weighted by Gasteiger charge is 2.34. The molecule has 1 aromatic carbocycles. The van der Waals surface area contributed by atoms with Crippen molar-refractivity contribution >= 4 is 15.5 Å². The normalized spacial score (nSPS) is 18.9. The van der Waals surface area contributed by atoms with E-state index >= 15 is 0 Å². The molecule has 27 heavy (non-hydrogen) atoms. The number of hydrogen-bond acceptors (Lipinski definition) is 4. The minimum absolute atomic E-state index is 0.278. The number of rotatable bonds is 4. The van der Waals surface area contributed by atoms with Crippen molar-refractivity contribution in [1.29, 1.82) is 0 Å². The van der Waals surface area contributed by atoms with Crippen LogP contribution < -0.4 is 4.90 Å². The van der Waals surface area contributed by atoms with E-state index in [1.54, 1.807) is 0 Å². The fourth-order valence-electron chi connectivity index (χ4n) is 3.05. The van der Waals surface area contributed by atoms with Crippen molar-refractivity contribution in [3.05, 3.63) is 42.2 Å². The highest BCUT2D eigenvalue weighted by Crippen LogP contribution is 2.31. The number of piperidine rings is 1. The standard InChI is InChI=1S/C16H16F5N3O2S/c17-15(18)27(25,26)13-5-3-11(4-6-13)23-8-1-2-12(10-23)24-9-7-14(22-24)16(19,20)21/h3-7,9,12,15H,1-2,8,10H2. The zero-order chi connectivity index (χ0) is 19.8. The third-order valence-corrected chi connectivity index (χ3v) is 5.83. The van der Waals surface area contributed by atoms with Gasteiger partial charge in [0.15, 0.2) is 5.69 Å². The quantitative estimate of drug-likeness (QED) is 0.722. The molecule has 1 fully saturated rings. The van der Waals surface area contributed by atoms with Crippen LogP contribution in [0.3, 0.4) is 0 Å². The van der Waals surface area contributed by atoms with E-state index in [1.165, 1.54) is 23.0 Å². The number of alkyl halides is 5. The Morgan fingerprint density at radius 1 is 1.11 bits per heavy atom. The first-order valence-corrected chi connectivity index (χ1v) is 9.63. The van der Waals surface area contributed by atoms with E-state index in [2.05, 4.69) is 5.10 Å². The van der Waals surface area contributed by atoms with Crippen LogP contribution in [0.2, 0.25) is 0 Å². The average molecular weight is 409 g/mol. The van der Waals surface area contributed by atoms with Gasteiger partial charge in [0.2, 0.25) is 9.84 Å². The second-order valence-electron chi connectivity index (χ2n) is 6.22. The van der Waals surface area contributed by atoms with Crippen LogP contribution in [-0.2, 0) is 16.0 Å². The van der Waals surface area contributed by atoms with E-state index in [-0.39, 0.29) is 6.04 Å². The lowest BCUT2D eigenvalue weighted by atomic mass is 10.1. The predicted octanol–water partition coefficient (Wildman–Crippen LogP) is 3.74. The van der Waals surface area contributed by atoms with E-state index in [0.29, 0.717) is 31.6 Å². The molecule has 0 amide bonds. The second-order valence-corrected chi connectivity index (χ2v) is 8.14. The van der Waals surface area contributed by atoms with Gasteiger partial charge in [-0.2, -0.15) is 27.1 Å². The topological polar surface area (TPSA) is 55.2 Å². The summed E-state index contributed by atoms with van der Waals surface area (Å²) in [6, 6.07) is 5.69. The Hall–Kier alpha value is -2.17. The molecule has 0 N–H and O–H groups in total. The number of aromatic nitrogens is 2. The molecular formula is C16H16F5N3O2S. The number of halogens is 5. The number of hydrogen-bond donors (Lipinski definition) is 0. The van der Waals surface area contributed by atoms with Crippen LogP contribution in [0, 0.1) is 0 Å². The molecule has 1 unspecified atom stereocenters. The van der Waals surface area contributed by atoms with Crippen molar-refractivity contribution in [2.45, 2.75) is 35.7 Å². The van der Waals surface area contributed by atoms with E-state index in [4.69, 9.17) is 0 Å². The Bertz CT molecular complexity index is 894. The lowest BCUT2D eigenvalue weighted by Crippen LogP contribution is -2.36. The SMILES string of the molecule is O=S(=O)(c1ccc(N2CCCC(n3ccc(C(F)(F)F)n3)C2)cc1)C(F)F. The number of nitrogens with zero attached hydrogens (tertiary/aromatic N) is 3. The largest absolute Gasteiger partial charge is 0.435 e. The van der Waals surface area contributed by atoms with Gasteiger partial charge in [-0.3, -0.25) is 4.68 Å². The molecule has 0 radical (unpaired) electrons. The lowest BCUT2D eigenvalue weighted by Gasteiger charge is -2.34. The van der Waals surface area contributed by atoms with Crippen LogP contribution in [0.4, 0.5) is 27.6 Å². The van der Waals surface area contributed by atoms with Gasteiger partial charge in [-0.25, -0.2) is 8.42 Å². The van der Waals surface area contributed by atoms with Crippen LogP contribution >= 0.6 is 0 Å². The molecule has 1 atom stereocenters. The van der Waals surface area contributed by atoms with Crippen molar-refractivity contribution in [2.75, 3.05) is 18.0 Å². The Morgan fingerprint density at radius 2 is 1.78 bits per heavy atom. The fourth-order valence-corrected chi connectivity index (χ4v) is 3.77. The predicted molar refractivity (Wildman–Crippen MR) is 87.3 cm³/mol. The van der Waals surface area contributed by atoms with Crippen molar-refractivity contribution < 1.29 is 30.4 Å². The summed E-state index contributed by atoms with van der Waals surface area (Å²) < 4.78 is 87.5. The van der Waals surface area contributed by atoms with Gasteiger partial charge < -0.3 is 4.90 Å². The van der Waals surface area contributed by atoms with Crippen LogP contribution in [0.25, 0.3) is 0 Å². The molecule has 1 aromatic heterocycles. The van der Waals surface area contributed by atoms with Crippen molar-refractivity contribution in [1.82, 2.24) is 9.78 Å². The van der Waals surface area contributed by atoms with Crippen LogP contribution in [0.15, 0.2) is 41.4 Å². The van der Waals surface area contributed by atoms with E-state index in [9.17, 15) is 30.4 Å². The van der Waals surface area contributed by atoms with Gasteiger partial charge in [0, 0.05) is 25.0 Å². The van der Waals surface area contributed by atoms with Gasteiger partial charge in [-0.15, -0.1) is 0 Å². The third-order valence-electron chi connectivity index (χ3n) is 4.43. The van der Waals surface area contributed by atoms with Gasteiger partial charge in [-0.1, -0.05) is 0 Å². The van der Waals surface area contributed by atoms with Crippen LogP contribution in [-0.4, -0.2) is 37.0 Å². The van der Waals surface area contributed by atoms with Gasteiger partial charge >= 0.3 is 11.9 Å². The first-order chi connectivity index (χ1) is 12.6. The minimum atomic E-state index is -4.66. The molecular weight excluding hydrogens is 393 g/mol. The summed E-state index contributed by atoms with van der Waals surface area (Å²) >= 11 is 0. The van der Waals surface area contributed by atoms with Crippen molar-refractivity contribution in [3.63, 3.8) is 0 Å². The van der Waals surface area contributed by atoms with Crippen molar-refractivity contribution in [3.8, 4) is 0 Å². The summed E-state index contributed by atoms with van der Waals surface area (Å²) in [5.74, 6) is -3.50. The highest BCUT2D eigenvalue weighted by atomic mass is 32.2. The summed E-state index contributed by atoms with van der Waals surface area (Å²) in [5, 5.41) is 3.60. The molecule has 11 heteroatoms. The van der Waals surface area contributed by atoms with Gasteiger partial charge in [0.1, 0.15) is 0 Å². The average Bonchev–Trinajstić information content (AvgIpc) is 3.12. The molecule has 1 aliphatic rings. The fraction of sp³-hybridized carbons (Fsp3) is 0.438. The maximum absolute atomic E-state index is 12.7. The Labute approximate surface area is 152 Å². The first-order valence-electron chi connectivity index (χ1n) is 8.08. The van der Waals surface area contributed by atoms with Gasteiger partial charge in [0.25, 0.3) is 0 Å². The molecule has 2 heterocycles. The van der Waals surface area contributed by atoms with E-state index in [1.807, 2.05) is 4.90 Å². The summed E-state index contributed by atoms with van der Waals surface area (Å²) in [4.78, 5) is 1.39. The second kappa shape index (κ2) is 7.10. The number of anilines is 1. The molecule has 3 rings (SSSR count). The van der Waals surface area contributed by atoms with E-state index < -0.39 is 32.4 Å². The molecule has 0 aliphatic carbocycles. The Morgan fingerprint density at radius 3 is 2.33 bits per heavy atom. The van der Waals surface area contributed by atoms with Crippen LogP contribution in [0.5, 0.6) is 0 Å². The molecule has 5 nitrogen and oxygen atoms in total. The zero-order valence-electron chi connectivity index (χ0n) is 13.9. The summed E-state index contributed by atoms with van der Waals surface area (Å²) in [7, 11) is -4.66. The molecule has 1 aliphatic heterocycles. The zero-order valence-corrected chi connectivity index (χ0v) is 14.7. The third kappa shape index (κ3) is 4.07. The van der Waals surface area contributed by atoms with Crippen LogP contribution in [0.1, 0.15) is 24.6 Å². The van der Waals surface area contributed by atoms with Crippen molar-refractivity contribution in [2.24, 2.45) is 0 Å². The summed E-state index contributed by atoms with van der Waals surface area (Å²) in [6.07, 6.45) is -1.88. The molecule has 0 saturated carbocycles. The molecule has 1 saturated heterocycles. The summed E-state index contributed by atoms with van der Waals surface area (Å²) in [5.41, 5.74) is -0.350. The maximum atomic E-state index is 12.7. The molecule has 148 valence electrons. The maximum Gasteiger partial charge on any atom is 0.435 e. The Kier molecular flexibility index (Phi) is 5.15. The Balaban J connectivity index is 1.76. The van der Waals surface area contributed by atoms with Gasteiger partial charge in [-0.05, 0) is 43.2 Å². The number of sulfone groups is 1. The number of benzene rings is 1. The van der Waals surface area contributed by atoms with Gasteiger partial charge in [0.05, 0.1) is 10.9 Å². The molecule has 0 bridgehead atoms. The van der Waals surface area contributed by atoms with E-state index in [0.717, 1.165) is 18.2 Å². The molecule has 2 aromatic rings. The highest BCUT2D eigenvalue weighted by molar-refractivity contribution is 7.91. The monoisotopic (exact) mass is 409 g/mol. The lowest BCUT2D eigenvalue weighted by molar-refractivity contribution is -0.141. The smallest absolute Gasteiger partial charge is 0.369 e. The first kappa shape index (κ1) is 19.6. The minimum Gasteiger partial charge on any atom is -0.369 e. The summed E-state index contributed by atoms with van der Waals surface area (Å²) in [6.45, 7) is 0.991. The molecule has 0 spiro atoms.